The summed E-state index contributed by atoms with van der Waals surface area (Å²) in [6, 6.07) is 12.9. The van der Waals surface area contributed by atoms with Gasteiger partial charge in [-0.25, -0.2) is 4.98 Å². The molecule has 0 saturated carbocycles. The van der Waals surface area contributed by atoms with Crippen molar-refractivity contribution in [1.29, 1.82) is 0 Å². The van der Waals surface area contributed by atoms with Gasteiger partial charge in [-0.2, -0.15) is 0 Å². The molecule has 0 saturated heterocycles. The largest absolute Gasteiger partial charge is 0.396 e. The molecule has 1 amide bonds. The van der Waals surface area contributed by atoms with Crippen LogP contribution in [0.3, 0.4) is 0 Å². The molecule has 0 bridgehead atoms. The average molecular weight is 242 g/mol. The van der Waals surface area contributed by atoms with Gasteiger partial charge in [0.25, 0.3) is 0 Å². The Kier molecular flexibility index (Phi) is 3.76. The summed E-state index contributed by atoms with van der Waals surface area (Å²) in [5.74, 6) is 0.296. The highest BCUT2D eigenvalue weighted by Crippen LogP contribution is 2.11. The van der Waals surface area contributed by atoms with Crippen molar-refractivity contribution in [2.45, 2.75) is 6.42 Å². The van der Waals surface area contributed by atoms with E-state index in [1.54, 1.807) is 18.3 Å². The fourth-order valence-corrected chi connectivity index (χ4v) is 1.48. The smallest absolute Gasteiger partial charge is 0.242 e. The summed E-state index contributed by atoms with van der Waals surface area (Å²) < 4.78 is 0. The van der Waals surface area contributed by atoms with Gasteiger partial charge < -0.3 is 5.73 Å². The van der Waals surface area contributed by atoms with Crippen molar-refractivity contribution in [1.82, 2.24) is 10.4 Å². The van der Waals surface area contributed by atoms with Crippen molar-refractivity contribution in [3.63, 3.8) is 0 Å². The Hall–Kier alpha value is -2.56. The molecule has 5 nitrogen and oxygen atoms in total. The Morgan fingerprint density at radius 3 is 2.67 bits per heavy atom. The number of carbonyl (C=O) groups excluding carboxylic acids is 1. The van der Waals surface area contributed by atoms with Crippen LogP contribution in [0.1, 0.15) is 5.56 Å². The van der Waals surface area contributed by atoms with E-state index in [0.717, 1.165) is 5.56 Å². The van der Waals surface area contributed by atoms with E-state index >= 15 is 0 Å². The van der Waals surface area contributed by atoms with Crippen LogP contribution in [0, 0.1) is 0 Å². The monoisotopic (exact) mass is 242 g/mol. The van der Waals surface area contributed by atoms with Gasteiger partial charge in [0, 0.05) is 6.20 Å². The molecule has 1 aromatic heterocycles. The maximum atomic E-state index is 11.7. The van der Waals surface area contributed by atoms with Crippen LogP contribution in [0.4, 0.5) is 11.5 Å². The van der Waals surface area contributed by atoms with E-state index in [4.69, 9.17) is 5.73 Å². The van der Waals surface area contributed by atoms with Crippen LogP contribution in [0.5, 0.6) is 0 Å². The van der Waals surface area contributed by atoms with Crippen molar-refractivity contribution in [3.05, 3.63) is 54.2 Å². The van der Waals surface area contributed by atoms with E-state index in [1.165, 1.54) is 0 Å². The van der Waals surface area contributed by atoms with E-state index in [0.29, 0.717) is 17.9 Å². The molecule has 0 unspecified atom stereocenters. The molecule has 18 heavy (non-hydrogen) atoms. The molecule has 0 aliphatic rings. The first-order chi connectivity index (χ1) is 8.75. The Balaban J connectivity index is 1.88. The Bertz CT molecular complexity index is 528. The SMILES string of the molecule is Nc1cccnc1NNC(=O)Cc1ccccc1. The first kappa shape index (κ1) is 11.9. The zero-order valence-electron chi connectivity index (χ0n) is 9.76. The number of nitrogens with zero attached hydrogens (tertiary/aromatic N) is 1. The topological polar surface area (TPSA) is 80.0 Å². The van der Waals surface area contributed by atoms with E-state index < -0.39 is 0 Å². The first-order valence-electron chi connectivity index (χ1n) is 5.55. The summed E-state index contributed by atoms with van der Waals surface area (Å²) in [4.78, 5) is 15.7. The normalized spacial score (nSPS) is 9.78. The molecular weight excluding hydrogens is 228 g/mol. The molecule has 2 rings (SSSR count). The van der Waals surface area contributed by atoms with Crippen LogP contribution >= 0.6 is 0 Å². The Morgan fingerprint density at radius 2 is 1.94 bits per heavy atom. The predicted octanol–water partition coefficient (Wildman–Crippen LogP) is 1.35. The number of nitrogen functional groups attached to an aromatic ring is 1. The van der Waals surface area contributed by atoms with Gasteiger partial charge >= 0.3 is 0 Å². The summed E-state index contributed by atoms with van der Waals surface area (Å²) in [6.45, 7) is 0. The lowest BCUT2D eigenvalue weighted by molar-refractivity contribution is -0.119. The zero-order chi connectivity index (χ0) is 12.8. The molecule has 0 spiro atoms. The van der Waals surface area contributed by atoms with Gasteiger partial charge in [-0.15, -0.1) is 0 Å². The maximum Gasteiger partial charge on any atom is 0.242 e. The molecule has 1 aromatic carbocycles. The van der Waals surface area contributed by atoms with E-state index in [-0.39, 0.29) is 5.91 Å². The number of nitrogens with one attached hydrogen (secondary N) is 2. The highest BCUT2D eigenvalue weighted by atomic mass is 16.2. The van der Waals surface area contributed by atoms with E-state index in [1.807, 2.05) is 30.3 Å². The van der Waals surface area contributed by atoms with Crippen LogP contribution < -0.4 is 16.6 Å². The van der Waals surface area contributed by atoms with Crippen LogP contribution in [-0.2, 0) is 11.2 Å². The fourth-order valence-electron chi connectivity index (χ4n) is 1.48. The number of benzene rings is 1. The molecule has 0 aliphatic carbocycles. The summed E-state index contributed by atoms with van der Waals surface area (Å²) in [5.41, 5.74) is 12.4. The number of carbonyl (C=O) groups is 1. The predicted molar refractivity (Wildman–Crippen MR) is 70.6 cm³/mol. The molecule has 92 valence electrons. The third-order valence-electron chi connectivity index (χ3n) is 2.37. The van der Waals surface area contributed by atoms with Crippen LogP contribution in [0.15, 0.2) is 48.7 Å². The quantitative estimate of drug-likeness (QED) is 0.707. The molecule has 0 atom stereocenters. The third kappa shape index (κ3) is 3.21. The summed E-state index contributed by atoms with van der Waals surface area (Å²) in [5, 5.41) is 0. The van der Waals surface area contributed by atoms with Crippen molar-refractivity contribution < 1.29 is 4.79 Å². The second kappa shape index (κ2) is 5.67. The van der Waals surface area contributed by atoms with Crippen molar-refractivity contribution >= 4 is 17.4 Å². The van der Waals surface area contributed by atoms with Crippen LogP contribution in [0.25, 0.3) is 0 Å². The molecule has 5 heteroatoms. The third-order valence-corrected chi connectivity index (χ3v) is 2.37. The zero-order valence-corrected chi connectivity index (χ0v) is 9.76. The first-order valence-corrected chi connectivity index (χ1v) is 5.55. The number of amides is 1. The summed E-state index contributed by atoms with van der Waals surface area (Å²) >= 11 is 0. The minimum Gasteiger partial charge on any atom is -0.396 e. The van der Waals surface area contributed by atoms with Gasteiger partial charge in [-0.05, 0) is 17.7 Å². The lowest BCUT2D eigenvalue weighted by atomic mass is 10.1. The number of aromatic nitrogens is 1. The van der Waals surface area contributed by atoms with Gasteiger partial charge in [0.15, 0.2) is 5.82 Å². The highest BCUT2D eigenvalue weighted by molar-refractivity contribution is 5.80. The average Bonchev–Trinajstić information content (AvgIpc) is 2.39. The van der Waals surface area contributed by atoms with Crippen LogP contribution in [0.2, 0.25) is 0 Å². The molecule has 1 heterocycles. The van der Waals surface area contributed by atoms with Crippen molar-refractivity contribution in [3.8, 4) is 0 Å². The molecule has 0 fully saturated rings. The number of nitrogens with two attached hydrogens (primary N) is 1. The van der Waals surface area contributed by atoms with Gasteiger partial charge in [0.1, 0.15) is 0 Å². The van der Waals surface area contributed by atoms with Gasteiger partial charge in [-0.1, -0.05) is 30.3 Å². The lowest BCUT2D eigenvalue weighted by Gasteiger charge is -2.09. The fraction of sp³-hybridized carbons (Fsp3) is 0.0769. The van der Waals surface area contributed by atoms with Crippen molar-refractivity contribution in [2.75, 3.05) is 11.2 Å². The number of pyridine rings is 1. The lowest BCUT2D eigenvalue weighted by Crippen LogP contribution is -2.31. The Morgan fingerprint density at radius 1 is 1.17 bits per heavy atom. The number of hydrogen-bond acceptors (Lipinski definition) is 4. The maximum absolute atomic E-state index is 11.7. The summed E-state index contributed by atoms with van der Waals surface area (Å²) in [6.07, 6.45) is 1.91. The van der Waals surface area contributed by atoms with Gasteiger partial charge in [0.2, 0.25) is 5.91 Å². The second-order valence-corrected chi connectivity index (χ2v) is 3.78. The number of rotatable bonds is 4. The molecule has 0 radical (unpaired) electrons. The molecule has 2 aromatic rings. The van der Waals surface area contributed by atoms with Crippen molar-refractivity contribution in [2.24, 2.45) is 0 Å². The second-order valence-electron chi connectivity index (χ2n) is 3.78. The van der Waals surface area contributed by atoms with Gasteiger partial charge in [-0.3, -0.25) is 15.6 Å². The minimum absolute atomic E-state index is 0.147. The standard InChI is InChI=1S/C13H14N4O/c14-11-7-4-8-15-13(11)17-16-12(18)9-10-5-2-1-3-6-10/h1-8H,9,14H2,(H,15,17)(H,16,18). The highest BCUT2D eigenvalue weighted by Gasteiger charge is 2.04. The molecular formula is C13H14N4O. The summed E-state index contributed by atoms with van der Waals surface area (Å²) in [7, 11) is 0. The van der Waals surface area contributed by atoms with Gasteiger partial charge in [0.05, 0.1) is 12.1 Å². The molecule has 4 N–H and O–H groups in total. The number of hydrogen-bond donors (Lipinski definition) is 3. The van der Waals surface area contributed by atoms with Crippen LogP contribution in [-0.4, -0.2) is 10.9 Å². The number of hydrazine groups is 1. The molecule has 0 aliphatic heterocycles. The van der Waals surface area contributed by atoms with E-state index in [9.17, 15) is 4.79 Å². The Labute approximate surface area is 105 Å². The minimum atomic E-state index is -0.147. The van der Waals surface area contributed by atoms with E-state index in [2.05, 4.69) is 15.8 Å². The number of anilines is 2.